The minimum absolute atomic E-state index is 0.664. The van der Waals surface area contributed by atoms with Crippen LogP contribution < -0.4 is 9.80 Å². The van der Waals surface area contributed by atoms with Crippen LogP contribution in [-0.2, 0) is 0 Å². The van der Waals surface area contributed by atoms with Crippen molar-refractivity contribution >= 4 is 27.7 Å². The molecule has 2 aliphatic heterocycles. The molecular formula is C17H19BrN6. The maximum atomic E-state index is 4.52. The van der Waals surface area contributed by atoms with Gasteiger partial charge in [0, 0.05) is 68.1 Å². The molecule has 24 heavy (non-hydrogen) atoms. The summed E-state index contributed by atoms with van der Waals surface area (Å²) in [5.74, 6) is 3.96. The number of aromatic nitrogens is 4. The second kappa shape index (κ2) is 5.65. The molecule has 4 heterocycles. The standard InChI is InChI=1S/C17H19BrN6/c18-14-4-19-17(20-5-14)24-8-12-6-23(7-13(12)9-24)16-3-15(11-1-2-11)21-10-22-16/h3-5,10-13H,1-2,6-9H2. The molecular weight excluding hydrogens is 368 g/mol. The summed E-state index contributed by atoms with van der Waals surface area (Å²) in [5, 5.41) is 0. The average molecular weight is 387 g/mol. The molecule has 0 radical (unpaired) electrons. The summed E-state index contributed by atoms with van der Waals surface area (Å²) in [5.41, 5.74) is 1.22. The lowest BCUT2D eigenvalue weighted by Crippen LogP contribution is -2.30. The van der Waals surface area contributed by atoms with E-state index in [0.717, 1.165) is 42.4 Å². The van der Waals surface area contributed by atoms with Crippen molar-refractivity contribution in [2.75, 3.05) is 36.0 Å². The SMILES string of the molecule is Brc1cnc(N2CC3CN(c4cc(C5CC5)ncn4)CC3C2)nc1. The predicted octanol–water partition coefficient (Wildman–Crippen LogP) is 2.48. The van der Waals surface area contributed by atoms with Crippen molar-refractivity contribution < 1.29 is 0 Å². The Bertz CT molecular complexity index is 733. The summed E-state index contributed by atoms with van der Waals surface area (Å²) in [6, 6.07) is 2.20. The van der Waals surface area contributed by atoms with Gasteiger partial charge in [0.05, 0.1) is 4.47 Å². The molecule has 0 amide bonds. The fourth-order valence-corrected chi connectivity index (χ4v) is 4.15. The molecule has 2 aromatic rings. The van der Waals surface area contributed by atoms with Gasteiger partial charge in [0.25, 0.3) is 0 Å². The van der Waals surface area contributed by atoms with Gasteiger partial charge in [0.15, 0.2) is 0 Å². The Balaban J connectivity index is 1.28. The van der Waals surface area contributed by atoms with Crippen molar-refractivity contribution in [1.82, 2.24) is 19.9 Å². The topological polar surface area (TPSA) is 58.0 Å². The van der Waals surface area contributed by atoms with Crippen molar-refractivity contribution in [2.24, 2.45) is 11.8 Å². The van der Waals surface area contributed by atoms with Crippen molar-refractivity contribution in [3.63, 3.8) is 0 Å². The van der Waals surface area contributed by atoms with E-state index in [1.54, 1.807) is 6.33 Å². The quantitative estimate of drug-likeness (QED) is 0.807. The fourth-order valence-electron chi connectivity index (χ4n) is 3.95. The third-order valence-corrected chi connectivity index (χ3v) is 5.78. The van der Waals surface area contributed by atoms with Crippen LogP contribution in [0.2, 0.25) is 0 Å². The molecule has 0 spiro atoms. The molecule has 3 fully saturated rings. The molecule has 2 unspecified atom stereocenters. The molecule has 1 saturated carbocycles. The van der Waals surface area contributed by atoms with Gasteiger partial charge in [-0.3, -0.25) is 0 Å². The lowest BCUT2D eigenvalue weighted by Gasteiger charge is -2.22. The third-order valence-electron chi connectivity index (χ3n) is 5.37. The molecule has 2 saturated heterocycles. The van der Waals surface area contributed by atoms with E-state index in [1.807, 2.05) is 12.4 Å². The van der Waals surface area contributed by atoms with Gasteiger partial charge in [-0.25, -0.2) is 19.9 Å². The highest BCUT2D eigenvalue weighted by Crippen LogP contribution is 2.40. The lowest BCUT2D eigenvalue weighted by molar-refractivity contribution is 0.533. The van der Waals surface area contributed by atoms with Gasteiger partial charge in [-0.15, -0.1) is 0 Å². The predicted molar refractivity (Wildman–Crippen MR) is 95.1 cm³/mol. The Labute approximate surface area is 149 Å². The average Bonchev–Trinajstić information content (AvgIpc) is 3.26. The van der Waals surface area contributed by atoms with Crippen molar-refractivity contribution in [2.45, 2.75) is 18.8 Å². The van der Waals surface area contributed by atoms with Crippen LogP contribution in [0.15, 0.2) is 29.3 Å². The van der Waals surface area contributed by atoms with E-state index < -0.39 is 0 Å². The molecule has 6 nitrogen and oxygen atoms in total. The Morgan fingerprint density at radius 1 is 0.875 bits per heavy atom. The molecule has 124 valence electrons. The highest BCUT2D eigenvalue weighted by atomic mass is 79.9. The minimum atomic E-state index is 0.664. The first-order valence-electron chi connectivity index (χ1n) is 8.55. The molecule has 7 heteroatoms. The van der Waals surface area contributed by atoms with Crippen LogP contribution in [-0.4, -0.2) is 46.1 Å². The number of nitrogens with zero attached hydrogens (tertiary/aromatic N) is 6. The van der Waals surface area contributed by atoms with Crippen LogP contribution in [0.25, 0.3) is 0 Å². The number of anilines is 2. The number of hydrogen-bond acceptors (Lipinski definition) is 6. The van der Waals surface area contributed by atoms with Gasteiger partial charge >= 0.3 is 0 Å². The molecule has 5 rings (SSSR count). The van der Waals surface area contributed by atoms with E-state index in [9.17, 15) is 0 Å². The van der Waals surface area contributed by atoms with Gasteiger partial charge in [-0.2, -0.15) is 0 Å². The maximum Gasteiger partial charge on any atom is 0.225 e. The lowest BCUT2D eigenvalue weighted by atomic mass is 10.0. The minimum Gasteiger partial charge on any atom is -0.356 e. The molecule has 2 aromatic heterocycles. The zero-order valence-electron chi connectivity index (χ0n) is 13.3. The van der Waals surface area contributed by atoms with E-state index in [0.29, 0.717) is 17.8 Å². The first-order chi connectivity index (χ1) is 11.8. The fraction of sp³-hybridized carbons (Fsp3) is 0.529. The monoisotopic (exact) mass is 386 g/mol. The highest BCUT2D eigenvalue weighted by Gasteiger charge is 2.41. The number of rotatable bonds is 3. The summed E-state index contributed by atoms with van der Waals surface area (Å²) < 4.78 is 0.923. The number of fused-ring (bicyclic) bond motifs is 1. The van der Waals surface area contributed by atoms with E-state index in [2.05, 4.69) is 51.7 Å². The first kappa shape index (κ1) is 14.6. The molecule has 1 aliphatic carbocycles. The third kappa shape index (κ3) is 2.64. The van der Waals surface area contributed by atoms with Gasteiger partial charge in [-0.05, 0) is 28.8 Å². The highest BCUT2D eigenvalue weighted by molar-refractivity contribution is 9.10. The molecule has 0 bridgehead atoms. The van der Waals surface area contributed by atoms with E-state index in [4.69, 9.17) is 0 Å². The largest absolute Gasteiger partial charge is 0.356 e. The van der Waals surface area contributed by atoms with Crippen LogP contribution >= 0.6 is 15.9 Å². The zero-order chi connectivity index (χ0) is 16.1. The Morgan fingerprint density at radius 3 is 2.21 bits per heavy atom. The summed E-state index contributed by atoms with van der Waals surface area (Å²) in [4.78, 5) is 22.6. The number of hydrogen-bond donors (Lipinski definition) is 0. The van der Waals surface area contributed by atoms with E-state index in [1.165, 1.54) is 18.5 Å². The van der Waals surface area contributed by atoms with Gasteiger partial charge in [0.1, 0.15) is 12.1 Å². The van der Waals surface area contributed by atoms with Crippen molar-refractivity contribution in [3.8, 4) is 0 Å². The van der Waals surface area contributed by atoms with Crippen LogP contribution in [0.4, 0.5) is 11.8 Å². The Morgan fingerprint density at radius 2 is 1.54 bits per heavy atom. The summed E-state index contributed by atoms with van der Waals surface area (Å²) in [6.45, 7) is 4.20. The van der Waals surface area contributed by atoms with Crippen molar-refractivity contribution in [1.29, 1.82) is 0 Å². The zero-order valence-corrected chi connectivity index (χ0v) is 14.9. The summed E-state index contributed by atoms with van der Waals surface area (Å²) >= 11 is 3.39. The van der Waals surface area contributed by atoms with E-state index >= 15 is 0 Å². The Hall–Kier alpha value is -1.76. The summed E-state index contributed by atoms with van der Waals surface area (Å²) in [6.07, 6.45) is 7.94. The van der Waals surface area contributed by atoms with Crippen LogP contribution in [0, 0.1) is 11.8 Å². The molecule has 3 aliphatic rings. The molecule has 0 aromatic carbocycles. The Kier molecular flexibility index (Phi) is 3.43. The second-order valence-electron chi connectivity index (χ2n) is 7.11. The van der Waals surface area contributed by atoms with E-state index in [-0.39, 0.29) is 0 Å². The first-order valence-corrected chi connectivity index (χ1v) is 9.35. The second-order valence-corrected chi connectivity index (χ2v) is 8.02. The molecule has 2 atom stereocenters. The summed E-state index contributed by atoms with van der Waals surface area (Å²) in [7, 11) is 0. The van der Waals surface area contributed by atoms with Gasteiger partial charge < -0.3 is 9.80 Å². The smallest absolute Gasteiger partial charge is 0.225 e. The van der Waals surface area contributed by atoms with Gasteiger partial charge in [-0.1, -0.05) is 0 Å². The maximum absolute atomic E-state index is 4.52. The van der Waals surface area contributed by atoms with Gasteiger partial charge in [0.2, 0.25) is 5.95 Å². The van der Waals surface area contributed by atoms with Crippen LogP contribution in [0.5, 0.6) is 0 Å². The normalized spacial score (nSPS) is 26.0. The van der Waals surface area contributed by atoms with Crippen LogP contribution in [0.1, 0.15) is 24.5 Å². The molecule has 0 N–H and O–H groups in total. The van der Waals surface area contributed by atoms with Crippen LogP contribution in [0.3, 0.4) is 0 Å². The van der Waals surface area contributed by atoms with Crippen molar-refractivity contribution in [3.05, 3.63) is 35.0 Å². The number of halogens is 1.